The molecule has 8 heteroatoms. The van der Waals surface area contributed by atoms with Crippen LogP contribution < -0.4 is 4.90 Å². The van der Waals surface area contributed by atoms with Gasteiger partial charge in [0.2, 0.25) is 11.1 Å². The Morgan fingerprint density at radius 3 is 2.85 bits per heavy atom. The summed E-state index contributed by atoms with van der Waals surface area (Å²) in [6.45, 7) is 6.58. The summed E-state index contributed by atoms with van der Waals surface area (Å²) in [6, 6.07) is 0.0512. The van der Waals surface area contributed by atoms with Crippen molar-refractivity contribution in [3.8, 4) is 0 Å². The van der Waals surface area contributed by atoms with E-state index in [1.54, 1.807) is 6.92 Å². The number of aryl methyl sites for hydroxylation is 1. The normalized spacial score (nSPS) is 22.9. The Morgan fingerprint density at radius 1 is 1.55 bits per heavy atom. The molecule has 1 fully saturated rings. The Bertz CT molecular complexity index is 526. The Labute approximate surface area is 122 Å². The average Bonchev–Trinajstić information content (AvgIpc) is 2.37. The third-order valence-corrected chi connectivity index (χ3v) is 3.58. The molecule has 1 aromatic heterocycles. The molecule has 20 heavy (non-hydrogen) atoms. The van der Waals surface area contributed by atoms with Gasteiger partial charge < -0.3 is 9.64 Å². The first-order chi connectivity index (χ1) is 9.43. The lowest BCUT2D eigenvalue weighted by molar-refractivity contribution is -0.385. The zero-order chi connectivity index (χ0) is 14.9. The SMILES string of the molecule is CCC1COC(C)CN1c1nc(Cl)nc(C)c1[N+](=O)[O-]. The zero-order valence-electron chi connectivity index (χ0n) is 11.7. The topological polar surface area (TPSA) is 81.4 Å². The molecule has 2 atom stereocenters. The summed E-state index contributed by atoms with van der Waals surface area (Å²) in [5.74, 6) is 0.287. The van der Waals surface area contributed by atoms with Crippen molar-refractivity contribution in [3.05, 3.63) is 21.1 Å². The van der Waals surface area contributed by atoms with Crippen molar-refractivity contribution in [1.82, 2.24) is 9.97 Å². The highest BCUT2D eigenvalue weighted by molar-refractivity contribution is 6.28. The molecule has 2 rings (SSSR count). The minimum atomic E-state index is -0.451. The molecule has 2 heterocycles. The molecule has 0 saturated carbocycles. The molecule has 1 aliphatic rings. The van der Waals surface area contributed by atoms with Crippen molar-refractivity contribution in [2.45, 2.75) is 39.3 Å². The quantitative estimate of drug-likeness (QED) is 0.484. The molecule has 0 aromatic carbocycles. The maximum atomic E-state index is 11.3. The molecule has 0 N–H and O–H groups in total. The highest BCUT2D eigenvalue weighted by Gasteiger charge is 2.33. The van der Waals surface area contributed by atoms with Crippen molar-refractivity contribution in [1.29, 1.82) is 0 Å². The molecule has 2 unspecified atom stereocenters. The smallest absolute Gasteiger partial charge is 0.332 e. The van der Waals surface area contributed by atoms with Crippen LogP contribution in [0.25, 0.3) is 0 Å². The maximum absolute atomic E-state index is 11.3. The first-order valence-corrected chi connectivity index (χ1v) is 6.88. The van der Waals surface area contributed by atoms with Crippen molar-refractivity contribution in [3.63, 3.8) is 0 Å². The molecule has 0 radical (unpaired) electrons. The number of nitro groups is 1. The van der Waals surface area contributed by atoms with E-state index in [9.17, 15) is 10.1 Å². The molecule has 0 spiro atoms. The van der Waals surface area contributed by atoms with Crippen molar-refractivity contribution >= 4 is 23.1 Å². The fourth-order valence-corrected chi connectivity index (χ4v) is 2.58. The molecule has 1 aromatic rings. The Kier molecular flexibility index (Phi) is 4.39. The van der Waals surface area contributed by atoms with Gasteiger partial charge in [0.25, 0.3) is 0 Å². The third-order valence-electron chi connectivity index (χ3n) is 3.41. The van der Waals surface area contributed by atoms with Crippen LogP contribution in [0.5, 0.6) is 0 Å². The van der Waals surface area contributed by atoms with Gasteiger partial charge in [0, 0.05) is 6.54 Å². The predicted octanol–water partition coefficient (Wildman–Crippen LogP) is 2.35. The average molecular weight is 301 g/mol. The van der Waals surface area contributed by atoms with E-state index in [1.165, 1.54) is 0 Å². The second kappa shape index (κ2) is 5.88. The lowest BCUT2D eigenvalue weighted by Gasteiger charge is -2.38. The van der Waals surface area contributed by atoms with E-state index in [-0.39, 0.29) is 34.6 Å². The fraction of sp³-hybridized carbons (Fsp3) is 0.667. The molecule has 7 nitrogen and oxygen atoms in total. The minimum Gasteiger partial charge on any atom is -0.375 e. The highest BCUT2D eigenvalue weighted by atomic mass is 35.5. The summed E-state index contributed by atoms with van der Waals surface area (Å²) in [6.07, 6.45) is 0.802. The monoisotopic (exact) mass is 300 g/mol. The maximum Gasteiger partial charge on any atom is 0.332 e. The lowest BCUT2D eigenvalue weighted by atomic mass is 10.1. The van der Waals surface area contributed by atoms with Crippen LogP contribution in [-0.4, -0.2) is 40.2 Å². The van der Waals surface area contributed by atoms with Gasteiger partial charge in [-0.1, -0.05) is 6.92 Å². The number of anilines is 1. The van der Waals surface area contributed by atoms with E-state index in [1.807, 2.05) is 18.7 Å². The highest BCUT2D eigenvalue weighted by Crippen LogP contribution is 2.33. The number of aromatic nitrogens is 2. The second-order valence-electron chi connectivity index (χ2n) is 4.87. The molecule has 0 aliphatic carbocycles. The van der Waals surface area contributed by atoms with E-state index in [0.717, 1.165) is 6.42 Å². The van der Waals surface area contributed by atoms with Gasteiger partial charge in [-0.05, 0) is 31.9 Å². The van der Waals surface area contributed by atoms with Gasteiger partial charge in [0.15, 0.2) is 0 Å². The van der Waals surface area contributed by atoms with Gasteiger partial charge >= 0.3 is 5.69 Å². The number of nitrogens with zero attached hydrogens (tertiary/aromatic N) is 4. The Morgan fingerprint density at radius 2 is 2.25 bits per heavy atom. The van der Waals surface area contributed by atoms with E-state index >= 15 is 0 Å². The lowest BCUT2D eigenvalue weighted by Crippen LogP contribution is -2.49. The van der Waals surface area contributed by atoms with Crippen LogP contribution in [0.2, 0.25) is 5.28 Å². The molecule has 0 amide bonds. The van der Waals surface area contributed by atoms with Crippen LogP contribution in [0.15, 0.2) is 0 Å². The molecule has 1 saturated heterocycles. The fourth-order valence-electron chi connectivity index (χ4n) is 2.37. The summed E-state index contributed by atoms with van der Waals surface area (Å²) in [5, 5.41) is 11.3. The summed E-state index contributed by atoms with van der Waals surface area (Å²) < 4.78 is 5.61. The molecule has 110 valence electrons. The summed E-state index contributed by atoms with van der Waals surface area (Å²) in [5.41, 5.74) is 0.195. The van der Waals surface area contributed by atoms with E-state index in [4.69, 9.17) is 16.3 Å². The zero-order valence-corrected chi connectivity index (χ0v) is 12.4. The standard InChI is InChI=1S/C12H17ClN4O3/c1-4-9-6-20-7(2)5-16(9)11-10(17(18)19)8(3)14-12(13)15-11/h7,9H,4-6H2,1-3H3. The van der Waals surface area contributed by atoms with Crippen LogP contribution in [0, 0.1) is 17.0 Å². The van der Waals surface area contributed by atoms with E-state index in [2.05, 4.69) is 9.97 Å². The minimum absolute atomic E-state index is 0.00792. The molecule has 0 bridgehead atoms. The van der Waals surface area contributed by atoms with E-state index < -0.39 is 4.92 Å². The number of halogens is 1. The van der Waals surface area contributed by atoms with Crippen molar-refractivity contribution in [2.75, 3.05) is 18.1 Å². The molecule has 1 aliphatic heterocycles. The van der Waals surface area contributed by atoms with Crippen LogP contribution in [0.4, 0.5) is 11.5 Å². The summed E-state index contributed by atoms with van der Waals surface area (Å²) in [4.78, 5) is 20.7. The summed E-state index contributed by atoms with van der Waals surface area (Å²) in [7, 11) is 0. The number of hydrogen-bond acceptors (Lipinski definition) is 6. The van der Waals surface area contributed by atoms with Gasteiger partial charge in [-0.2, -0.15) is 4.98 Å². The number of rotatable bonds is 3. The number of hydrogen-bond donors (Lipinski definition) is 0. The van der Waals surface area contributed by atoms with Gasteiger partial charge in [-0.3, -0.25) is 10.1 Å². The second-order valence-corrected chi connectivity index (χ2v) is 5.20. The van der Waals surface area contributed by atoms with Crippen molar-refractivity contribution < 1.29 is 9.66 Å². The van der Waals surface area contributed by atoms with Gasteiger partial charge in [0.1, 0.15) is 5.69 Å². The molecular formula is C12H17ClN4O3. The first kappa shape index (κ1) is 14.9. The Hall–Kier alpha value is -1.47. The van der Waals surface area contributed by atoms with E-state index in [0.29, 0.717) is 13.2 Å². The van der Waals surface area contributed by atoms with Crippen LogP contribution in [-0.2, 0) is 4.74 Å². The van der Waals surface area contributed by atoms with Crippen molar-refractivity contribution in [2.24, 2.45) is 0 Å². The summed E-state index contributed by atoms with van der Waals surface area (Å²) >= 11 is 5.87. The van der Waals surface area contributed by atoms with Gasteiger partial charge in [-0.15, -0.1) is 0 Å². The van der Waals surface area contributed by atoms with Gasteiger partial charge in [-0.25, -0.2) is 4.98 Å². The van der Waals surface area contributed by atoms with Crippen LogP contribution >= 0.6 is 11.6 Å². The largest absolute Gasteiger partial charge is 0.375 e. The van der Waals surface area contributed by atoms with Crippen LogP contribution in [0.3, 0.4) is 0 Å². The molecular weight excluding hydrogens is 284 g/mol. The van der Waals surface area contributed by atoms with Gasteiger partial charge in [0.05, 0.1) is 23.7 Å². The number of morpholine rings is 1. The third kappa shape index (κ3) is 2.83. The predicted molar refractivity (Wildman–Crippen MR) is 75.3 cm³/mol. The number of ether oxygens (including phenoxy) is 1. The van der Waals surface area contributed by atoms with Crippen LogP contribution in [0.1, 0.15) is 26.0 Å². The Balaban J connectivity index is 2.51. The first-order valence-electron chi connectivity index (χ1n) is 6.50.